The fourth-order valence-electron chi connectivity index (χ4n) is 5.01. The Morgan fingerprint density at radius 1 is 0.872 bits per heavy atom. The summed E-state index contributed by atoms with van der Waals surface area (Å²) in [4.78, 5) is 27.5. The number of aryl methyl sites for hydroxylation is 1. The Labute approximate surface area is 230 Å². The molecule has 4 aromatic rings. The molecule has 4 heterocycles. The Morgan fingerprint density at radius 2 is 1.59 bits per heavy atom. The summed E-state index contributed by atoms with van der Waals surface area (Å²) < 4.78 is 0. The topological polar surface area (TPSA) is 95.0 Å². The van der Waals surface area contributed by atoms with Crippen LogP contribution >= 0.6 is 0 Å². The van der Waals surface area contributed by atoms with Crippen molar-refractivity contribution < 1.29 is 0 Å². The van der Waals surface area contributed by atoms with Gasteiger partial charge in [0.2, 0.25) is 5.95 Å². The molecule has 0 saturated carbocycles. The number of benzene rings is 1. The lowest BCUT2D eigenvalue weighted by Crippen LogP contribution is -2.44. The number of nitrogens with one attached hydrogen (secondary N) is 2. The maximum absolute atomic E-state index is 4.61. The molecule has 0 aliphatic carbocycles. The molecule has 0 bridgehead atoms. The lowest BCUT2D eigenvalue weighted by Gasteiger charge is -2.38. The number of hydrogen-bond donors (Lipinski definition) is 2. The van der Waals surface area contributed by atoms with Crippen molar-refractivity contribution in [2.45, 2.75) is 39.7 Å². The standard InChI is InChI=1S/C30H37N9/c1-21(2)20-38(4)24-14-18-39(19-15-24)25-10-8-23(9-11-25)34-30-32-17-13-28(37-30)35-27-12-16-31-29(36-27)26-7-5-6-22(3)33-26/h5-13,16-17,21,24H,14-15,18-20H2,1-4H3,(H2,31,32,34,35,36,37). The van der Waals surface area contributed by atoms with E-state index in [-0.39, 0.29) is 0 Å². The molecule has 1 saturated heterocycles. The second kappa shape index (κ2) is 12.2. The van der Waals surface area contributed by atoms with E-state index in [2.05, 4.69) is 90.5 Å². The van der Waals surface area contributed by atoms with Gasteiger partial charge in [-0.2, -0.15) is 4.98 Å². The third kappa shape index (κ3) is 7.06. The lowest BCUT2D eigenvalue weighted by molar-refractivity contribution is 0.188. The van der Waals surface area contributed by atoms with E-state index in [0.717, 1.165) is 36.7 Å². The molecule has 2 N–H and O–H groups in total. The molecule has 39 heavy (non-hydrogen) atoms. The van der Waals surface area contributed by atoms with Crippen molar-refractivity contribution in [3.8, 4) is 11.5 Å². The minimum Gasteiger partial charge on any atom is -0.371 e. The Balaban J connectivity index is 1.19. The van der Waals surface area contributed by atoms with Gasteiger partial charge >= 0.3 is 0 Å². The number of nitrogens with zero attached hydrogens (tertiary/aromatic N) is 7. The number of aromatic nitrogens is 5. The number of pyridine rings is 1. The van der Waals surface area contributed by atoms with Crippen molar-refractivity contribution in [3.63, 3.8) is 0 Å². The van der Waals surface area contributed by atoms with Gasteiger partial charge in [0.15, 0.2) is 5.82 Å². The minimum absolute atomic E-state index is 0.511. The Kier molecular flexibility index (Phi) is 8.27. The first-order valence-electron chi connectivity index (χ1n) is 13.6. The van der Waals surface area contributed by atoms with Crippen LogP contribution in [0.5, 0.6) is 0 Å². The van der Waals surface area contributed by atoms with E-state index in [1.807, 2.05) is 31.2 Å². The van der Waals surface area contributed by atoms with Crippen molar-refractivity contribution in [3.05, 3.63) is 72.7 Å². The zero-order valence-electron chi connectivity index (χ0n) is 23.2. The van der Waals surface area contributed by atoms with Gasteiger partial charge in [-0.3, -0.25) is 0 Å². The first-order valence-corrected chi connectivity index (χ1v) is 13.6. The molecular formula is C30H37N9. The third-order valence-corrected chi connectivity index (χ3v) is 6.91. The second-order valence-corrected chi connectivity index (χ2v) is 10.5. The smallest absolute Gasteiger partial charge is 0.229 e. The van der Waals surface area contributed by atoms with Gasteiger partial charge in [0.25, 0.3) is 0 Å². The fourth-order valence-corrected chi connectivity index (χ4v) is 5.01. The van der Waals surface area contributed by atoms with E-state index in [1.54, 1.807) is 18.5 Å². The highest BCUT2D eigenvalue weighted by Crippen LogP contribution is 2.25. The monoisotopic (exact) mass is 523 g/mol. The molecule has 1 aliphatic rings. The summed E-state index contributed by atoms with van der Waals surface area (Å²) in [7, 11) is 2.27. The van der Waals surface area contributed by atoms with Gasteiger partial charge < -0.3 is 20.4 Å². The Hall–Kier alpha value is -4.11. The fraction of sp³-hybridized carbons (Fsp3) is 0.367. The predicted octanol–water partition coefficient (Wildman–Crippen LogP) is 5.68. The maximum Gasteiger partial charge on any atom is 0.229 e. The Bertz CT molecular complexity index is 1360. The van der Waals surface area contributed by atoms with Crippen LogP contribution in [0.4, 0.5) is 29.0 Å². The van der Waals surface area contributed by atoms with Gasteiger partial charge in [0, 0.05) is 55.1 Å². The molecule has 9 nitrogen and oxygen atoms in total. The summed E-state index contributed by atoms with van der Waals surface area (Å²) in [5.74, 6) is 3.04. The molecule has 1 aromatic carbocycles. The molecule has 1 aliphatic heterocycles. The van der Waals surface area contributed by atoms with Gasteiger partial charge in [-0.05, 0) is 81.3 Å². The van der Waals surface area contributed by atoms with Crippen molar-refractivity contribution in [2.75, 3.05) is 42.2 Å². The number of anilines is 5. The molecule has 1 fully saturated rings. The normalized spacial score (nSPS) is 14.2. The van der Waals surface area contributed by atoms with Crippen molar-refractivity contribution in [1.29, 1.82) is 0 Å². The van der Waals surface area contributed by atoms with Crippen LogP contribution in [-0.2, 0) is 0 Å². The highest BCUT2D eigenvalue weighted by Gasteiger charge is 2.23. The lowest BCUT2D eigenvalue weighted by atomic mass is 10.0. The van der Waals surface area contributed by atoms with E-state index in [1.165, 1.54) is 18.5 Å². The summed E-state index contributed by atoms with van der Waals surface area (Å²) in [6.45, 7) is 9.86. The van der Waals surface area contributed by atoms with E-state index in [4.69, 9.17) is 0 Å². The van der Waals surface area contributed by atoms with Crippen LogP contribution in [0, 0.1) is 12.8 Å². The SMILES string of the molecule is Cc1cccc(-c2nccc(Nc3ccnc(Nc4ccc(N5CCC(N(C)CC(C)C)CC5)cc4)n3)n2)n1. The molecule has 3 aromatic heterocycles. The molecule has 0 unspecified atom stereocenters. The van der Waals surface area contributed by atoms with Crippen LogP contribution in [0.25, 0.3) is 11.5 Å². The van der Waals surface area contributed by atoms with Crippen LogP contribution in [0.3, 0.4) is 0 Å². The predicted molar refractivity (Wildman–Crippen MR) is 158 cm³/mol. The molecule has 202 valence electrons. The highest BCUT2D eigenvalue weighted by molar-refractivity contribution is 5.61. The van der Waals surface area contributed by atoms with Crippen LogP contribution in [0.2, 0.25) is 0 Å². The number of piperidine rings is 1. The van der Waals surface area contributed by atoms with Gasteiger partial charge in [-0.25, -0.2) is 19.9 Å². The van der Waals surface area contributed by atoms with E-state index < -0.39 is 0 Å². The van der Waals surface area contributed by atoms with Gasteiger partial charge in [0.05, 0.1) is 0 Å². The summed E-state index contributed by atoms with van der Waals surface area (Å²) in [5, 5.41) is 6.56. The molecule has 5 rings (SSSR count). The Morgan fingerprint density at radius 3 is 2.31 bits per heavy atom. The largest absolute Gasteiger partial charge is 0.371 e. The molecule has 0 amide bonds. The average molecular weight is 524 g/mol. The van der Waals surface area contributed by atoms with Crippen molar-refractivity contribution in [2.24, 2.45) is 5.92 Å². The summed E-state index contributed by atoms with van der Waals surface area (Å²) in [5.41, 5.74) is 3.85. The molecular weight excluding hydrogens is 486 g/mol. The molecule has 9 heteroatoms. The molecule has 0 spiro atoms. The van der Waals surface area contributed by atoms with Crippen LogP contribution in [0.1, 0.15) is 32.4 Å². The molecule has 0 radical (unpaired) electrons. The van der Waals surface area contributed by atoms with Gasteiger partial charge in [0.1, 0.15) is 17.3 Å². The minimum atomic E-state index is 0.511. The van der Waals surface area contributed by atoms with Crippen LogP contribution in [-0.4, -0.2) is 62.5 Å². The summed E-state index contributed by atoms with van der Waals surface area (Å²) >= 11 is 0. The number of hydrogen-bond acceptors (Lipinski definition) is 9. The average Bonchev–Trinajstić information content (AvgIpc) is 2.94. The zero-order chi connectivity index (χ0) is 27.2. The quantitative estimate of drug-likeness (QED) is 0.287. The highest BCUT2D eigenvalue weighted by atomic mass is 15.2. The second-order valence-electron chi connectivity index (χ2n) is 10.5. The zero-order valence-corrected chi connectivity index (χ0v) is 23.2. The van der Waals surface area contributed by atoms with E-state index >= 15 is 0 Å². The van der Waals surface area contributed by atoms with E-state index in [9.17, 15) is 0 Å². The van der Waals surface area contributed by atoms with E-state index in [0.29, 0.717) is 35.4 Å². The number of rotatable bonds is 9. The van der Waals surface area contributed by atoms with Crippen LogP contribution < -0.4 is 15.5 Å². The van der Waals surface area contributed by atoms with Crippen molar-refractivity contribution in [1.82, 2.24) is 29.8 Å². The van der Waals surface area contributed by atoms with Crippen molar-refractivity contribution >= 4 is 29.0 Å². The first-order chi connectivity index (χ1) is 18.9. The molecule has 0 atom stereocenters. The van der Waals surface area contributed by atoms with Crippen LogP contribution in [0.15, 0.2) is 67.0 Å². The third-order valence-electron chi connectivity index (χ3n) is 6.91. The first kappa shape index (κ1) is 26.5. The maximum atomic E-state index is 4.61. The summed E-state index contributed by atoms with van der Waals surface area (Å²) in [6.07, 6.45) is 5.83. The van der Waals surface area contributed by atoms with Gasteiger partial charge in [-0.1, -0.05) is 19.9 Å². The van der Waals surface area contributed by atoms with Gasteiger partial charge in [-0.15, -0.1) is 0 Å². The summed E-state index contributed by atoms with van der Waals surface area (Å²) in [6, 6.07) is 18.6.